The standard InChI is InChI=1S/C28H18N4/c1-2-18-5-3-4-6-25(18)28-26-13-11-23(31-26)16-21-9-7-19(29-21)15-20-8-10-22(30-20)17-24-12-14-27(28)32-24/h1,3-17,29,32H. The molecule has 4 aromatic rings. The summed E-state index contributed by atoms with van der Waals surface area (Å²) in [7, 11) is 0. The Morgan fingerprint density at radius 3 is 2.03 bits per heavy atom. The van der Waals surface area contributed by atoms with E-state index in [0.717, 1.165) is 61.5 Å². The largest absolute Gasteiger partial charge is 0.355 e. The van der Waals surface area contributed by atoms with Gasteiger partial charge in [-0.15, -0.1) is 6.42 Å². The van der Waals surface area contributed by atoms with Gasteiger partial charge in [0.2, 0.25) is 0 Å². The van der Waals surface area contributed by atoms with Gasteiger partial charge in [-0.3, -0.25) is 0 Å². The Bertz CT molecular complexity index is 1640. The van der Waals surface area contributed by atoms with E-state index in [2.05, 4.69) is 28.0 Å². The molecule has 0 fully saturated rings. The van der Waals surface area contributed by atoms with Gasteiger partial charge in [0.15, 0.2) is 0 Å². The monoisotopic (exact) mass is 410 g/mol. The molecule has 8 bridgehead atoms. The molecule has 2 N–H and O–H groups in total. The first kappa shape index (κ1) is 18.2. The van der Waals surface area contributed by atoms with Crippen LogP contribution in [0.25, 0.3) is 57.5 Å². The third-order valence-electron chi connectivity index (χ3n) is 5.57. The summed E-state index contributed by atoms with van der Waals surface area (Å²) in [6, 6.07) is 22.3. The molecule has 6 rings (SSSR count). The van der Waals surface area contributed by atoms with Crippen molar-refractivity contribution in [1.82, 2.24) is 19.9 Å². The van der Waals surface area contributed by atoms with Crippen LogP contribution in [0.15, 0.2) is 66.7 Å². The number of aromatic nitrogens is 4. The molecule has 0 atom stereocenters. The number of nitrogens with one attached hydrogen (secondary N) is 2. The van der Waals surface area contributed by atoms with E-state index in [1.807, 2.05) is 78.9 Å². The maximum atomic E-state index is 5.83. The van der Waals surface area contributed by atoms with Crippen molar-refractivity contribution < 1.29 is 0 Å². The van der Waals surface area contributed by atoms with Crippen molar-refractivity contribution in [3.05, 3.63) is 95.1 Å². The zero-order valence-corrected chi connectivity index (χ0v) is 17.1. The molecular weight excluding hydrogens is 392 g/mol. The summed E-state index contributed by atoms with van der Waals surface area (Å²) in [5.41, 5.74) is 10.2. The second-order valence-corrected chi connectivity index (χ2v) is 7.74. The van der Waals surface area contributed by atoms with E-state index >= 15 is 0 Å². The molecule has 2 aliphatic rings. The van der Waals surface area contributed by atoms with Crippen molar-refractivity contribution in [1.29, 1.82) is 0 Å². The quantitative estimate of drug-likeness (QED) is 0.312. The van der Waals surface area contributed by atoms with Gasteiger partial charge in [-0.05, 0) is 72.8 Å². The van der Waals surface area contributed by atoms with E-state index < -0.39 is 0 Å². The summed E-state index contributed by atoms with van der Waals surface area (Å²) in [4.78, 5) is 16.6. The van der Waals surface area contributed by atoms with Crippen LogP contribution in [-0.4, -0.2) is 19.9 Å². The molecule has 0 amide bonds. The van der Waals surface area contributed by atoms with Gasteiger partial charge in [-0.2, -0.15) is 0 Å². The molecule has 0 unspecified atom stereocenters. The second kappa shape index (κ2) is 7.26. The Morgan fingerprint density at radius 1 is 0.656 bits per heavy atom. The Hall–Kier alpha value is -4.62. The van der Waals surface area contributed by atoms with Gasteiger partial charge in [-0.25, -0.2) is 9.97 Å². The third-order valence-corrected chi connectivity index (χ3v) is 5.57. The van der Waals surface area contributed by atoms with E-state index in [0.29, 0.717) is 0 Å². The number of terminal acetylenes is 1. The number of fused-ring (bicyclic) bond motifs is 8. The zero-order chi connectivity index (χ0) is 21.5. The van der Waals surface area contributed by atoms with E-state index in [9.17, 15) is 0 Å². The lowest BCUT2D eigenvalue weighted by molar-refractivity contribution is 1.31. The molecule has 3 aromatic heterocycles. The van der Waals surface area contributed by atoms with Crippen molar-refractivity contribution >= 4 is 46.4 Å². The minimum absolute atomic E-state index is 0.831. The molecule has 0 spiro atoms. The molecule has 0 saturated carbocycles. The summed E-state index contributed by atoms with van der Waals surface area (Å²) in [5, 5.41) is 0. The molecule has 0 saturated heterocycles. The molecule has 0 aliphatic carbocycles. The highest BCUT2D eigenvalue weighted by Crippen LogP contribution is 2.32. The molecule has 4 nitrogen and oxygen atoms in total. The molecule has 32 heavy (non-hydrogen) atoms. The fourth-order valence-electron chi connectivity index (χ4n) is 4.12. The zero-order valence-electron chi connectivity index (χ0n) is 17.1. The average Bonchev–Trinajstić information content (AvgIpc) is 3.60. The van der Waals surface area contributed by atoms with Crippen molar-refractivity contribution in [2.24, 2.45) is 0 Å². The molecule has 0 radical (unpaired) electrons. The number of benzene rings is 1. The molecule has 4 heteroatoms. The maximum Gasteiger partial charge on any atom is 0.0737 e. The fraction of sp³-hybridized carbons (Fsp3) is 0. The van der Waals surface area contributed by atoms with Crippen LogP contribution in [0, 0.1) is 12.3 Å². The van der Waals surface area contributed by atoms with Crippen LogP contribution in [0.1, 0.15) is 28.3 Å². The van der Waals surface area contributed by atoms with Crippen LogP contribution in [0.2, 0.25) is 0 Å². The van der Waals surface area contributed by atoms with Crippen molar-refractivity contribution in [3.8, 4) is 23.5 Å². The highest BCUT2D eigenvalue weighted by molar-refractivity contribution is 5.92. The van der Waals surface area contributed by atoms with Gasteiger partial charge in [0.05, 0.1) is 22.8 Å². The summed E-state index contributed by atoms with van der Waals surface area (Å²) < 4.78 is 0. The van der Waals surface area contributed by atoms with Gasteiger partial charge in [-0.1, -0.05) is 24.1 Å². The Morgan fingerprint density at radius 2 is 1.28 bits per heavy atom. The summed E-state index contributed by atoms with van der Waals surface area (Å²) in [6.07, 6.45) is 13.9. The lowest BCUT2D eigenvalue weighted by Crippen LogP contribution is -1.89. The normalized spacial score (nSPS) is 12.1. The highest BCUT2D eigenvalue weighted by Gasteiger charge is 2.13. The predicted molar refractivity (Wildman–Crippen MR) is 132 cm³/mol. The van der Waals surface area contributed by atoms with E-state index in [-0.39, 0.29) is 0 Å². The third kappa shape index (κ3) is 3.23. The highest BCUT2D eigenvalue weighted by atomic mass is 14.8. The van der Waals surface area contributed by atoms with Gasteiger partial charge < -0.3 is 9.97 Å². The van der Waals surface area contributed by atoms with Crippen molar-refractivity contribution in [2.75, 3.05) is 0 Å². The maximum absolute atomic E-state index is 5.83. The average molecular weight is 410 g/mol. The Balaban J connectivity index is 1.74. The first-order chi connectivity index (χ1) is 15.7. The SMILES string of the molecule is C#Cc1ccccc1-c1c2nc(cc3ccc(cc4nc(cc5ccc1[nH]5)C=C4)[nH]3)C=C2. The first-order valence-corrected chi connectivity index (χ1v) is 10.4. The minimum Gasteiger partial charge on any atom is -0.355 e. The number of rotatable bonds is 1. The van der Waals surface area contributed by atoms with Crippen molar-refractivity contribution in [2.45, 2.75) is 0 Å². The number of hydrogen-bond acceptors (Lipinski definition) is 2. The predicted octanol–water partition coefficient (Wildman–Crippen LogP) is 6.30. The van der Waals surface area contributed by atoms with E-state index in [1.54, 1.807) is 0 Å². The molecule has 5 heterocycles. The molecule has 2 aliphatic heterocycles. The van der Waals surface area contributed by atoms with Crippen LogP contribution in [-0.2, 0) is 0 Å². The Labute approximate surface area is 185 Å². The number of hydrogen-bond donors (Lipinski definition) is 2. The van der Waals surface area contributed by atoms with Crippen molar-refractivity contribution in [3.63, 3.8) is 0 Å². The summed E-state index contributed by atoms with van der Waals surface area (Å²) in [5.74, 6) is 2.82. The Kier molecular flexibility index (Phi) is 4.12. The molecule has 1 aromatic carbocycles. The van der Waals surface area contributed by atoms with Gasteiger partial charge in [0, 0.05) is 38.8 Å². The van der Waals surface area contributed by atoms with Crippen LogP contribution in [0.5, 0.6) is 0 Å². The lowest BCUT2D eigenvalue weighted by Gasteiger charge is -2.06. The first-order valence-electron chi connectivity index (χ1n) is 10.4. The van der Waals surface area contributed by atoms with Crippen LogP contribution >= 0.6 is 0 Å². The molecular formula is C28H18N4. The number of H-pyrrole nitrogens is 2. The second-order valence-electron chi connectivity index (χ2n) is 7.74. The lowest BCUT2D eigenvalue weighted by atomic mass is 9.98. The summed E-state index contributed by atoms with van der Waals surface area (Å²) in [6.45, 7) is 0. The number of nitrogens with zero attached hydrogens (tertiary/aromatic N) is 2. The fourth-order valence-corrected chi connectivity index (χ4v) is 4.12. The molecule has 150 valence electrons. The van der Waals surface area contributed by atoms with Gasteiger partial charge in [0.25, 0.3) is 0 Å². The van der Waals surface area contributed by atoms with Gasteiger partial charge in [0.1, 0.15) is 0 Å². The van der Waals surface area contributed by atoms with Crippen LogP contribution < -0.4 is 0 Å². The van der Waals surface area contributed by atoms with E-state index in [1.165, 1.54) is 0 Å². The van der Waals surface area contributed by atoms with E-state index in [4.69, 9.17) is 16.4 Å². The smallest absolute Gasteiger partial charge is 0.0737 e. The summed E-state index contributed by atoms with van der Waals surface area (Å²) >= 11 is 0. The van der Waals surface area contributed by atoms with Crippen LogP contribution in [0.3, 0.4) is 0 Å². The van der Waals surface area contributed by atoms with Crippen LogP contribution in [0.4, 0.5) is 0 Å². The topological polar surface area (TPSA) is 57.4 Å². The van der Waals surface area contributed by atoms with Gasteiger partial charge >= 0.3 is 0 Å². The number of aromatic amines is 2. The minimum atomic E-state index is 0.831.